The highest BCUT2D eigenvalue weighted by molar-refractivity contribution is 5.99. The summed E-state index contributed by atoms with van der Waals surface area (Å²) in [7, 11) is 0. The molecule has 0 aliphatic carbocycles. The summed E-state index contributed by atoms with van der Waals surface area (Å²) >= 11 is 0. The lowest BCUT2D eigenvalue weighted by Gasteiger charge is -2.04. The predicted molar refractivity (Wildman–Crippen MR) is 85.2 cm³/mol. The third-order valence-corrected chi connectivity index (χ3v) is 3.48. The molecule has 0 unspecified atom stereocenters. The fraction of sp³-hybridized carbons (Fsp3) is 0.0588. The topological polar surface area (TPSA) is 78.0 Å². The number of carbonyl (C=O) groups is 1. The second-order valence-electron chi connectivity index (χ2n) is 5.03. The van der Waals surface area contributed by atoms with Gasteiger partial charge in [-0.1, -0.05) is 42.5 Å². The molecule has 114 valence electrons. The fourth-order valence-electron chi connectivity index (χ4n) is 2.36. The van der Waals surface area contributed by atoms with E-state index >= 15 is 0 Å². The molecule has 0 amide bonds. The molecule has 0 N–H and O–H groups in total. The van der Waals surface area contributed by atoms with E-state index in [-0.39, 0.29) is 11.3 Å². The van der Waals surface area contributed by atoms with Crippen LogP contribution in [0.15, 0.2) is 60.7 Å². The van der Waals surface area contributed by atoms with Gasteiger partial charge in [-0.25, -0.2) is 4.68 Å². The van der Waals surface area contributed by atoms with Crippen LogP contribution in [0.5, 0.6) is 0 Å². The van der Waals surface area contributed by atoms with Crippen molar-refractivity contribution in [1.29, 1.82) is 0 Å². The molecular weight excluding hydrogens is 294 g/mol. The zero-order chi connectivity index (χ0) is 16.4. The first-order valence-electron chi connectivity index (χ1n) is 6.98. The Morgan fingerprint density at radius 2 is 1.74 bits per heavy atom. The van der Waals surface area contributed by atoms with Crippen LogP contribution in [-0.4, -0.2) is 20.6 Å². The van der Waals surface area contributed by atoms with E-state index in [4.69, 9.17) is 0 Å². The molecule has 1 heterocycles. The molecule has 0 atom stereocenters. The molecule has 1 aromatic heterocycles. The third-order valence-electron chi connectivity index (χ3n) is 3.48. The van der Waals surface area contributed by atoms with Crippen LogP contribution in [0.3, 0.4) is 0 Å². The van der Waals surface area contributed by atoms with Crippen LogP contribution >= 0.6 is 0 Å². The number of benzene rings is 2. The minimum atomic E-state index is -0.565. The van der Waals surface area contributed by atoms with Crippen molar-refractivity contribution in [3.63, 3.8) is 0 Å². The van der Waals surface area contributed by atoms with Gasteiger partial charge in [0.1, 0.15) is 5.56 Å². The van der Waals surface area contributed by atoms with Crippen LogP contribution < -0.4 is 0 Å². The highest BCUT2D eigenvalue weighted by atomic mass is 16.6. The maximum absolute atomic E-state index is 12.6. The molecule has 0 saturated carbocycles. The van der Waals surface area contributed by atoms with E-state index in [1.807, 2.05) is 30.3 Å². The lowest BCUT2D eigenvalue weighted by molar-refractivity contribution is -0.385. The molecule has 0 spiro atoms. The van der Waals surface area contributed by atoms with Crippen LogP contribution in [-0.2, 0) is 0 Å². The van der Waals surface area contributed by atoms with Crippen molar-refractivity contribution in [2.75, 3.05) is 0 Å². The number of rotatable bonds is 3. The molecule has 3 rings (SSSR count). The van der Waals surface area contributed by atoms with Crippen LogP contribution in [0, 0.1) is 17.0 Å². The van der Waals surface area contributed by atoms with Gasteiger partial charge in [0, 0.05) is 17.3 Å². The Balaban J connectivity index is 2.05. The minimum Gasteiger partial charge on any atom is -0.266 e. The number of aryl methyl sites for hydroxylation is 1. The van der Waals surface area contributed by atoms with Crippen molar-refractivity contribution in [3.05, 3.63) is 82.0 Å². The Morgan fingerprint density at radius 1 is 1.09 bits per heavy atom. The Morgan fingerprint density at radius 3 is 2.43 bits per heavy atom. The molecule has 3 aromatic rings. The number of hydrogen-bond acceptors (Lipinski definition) is 4. The van der Waals surface area contributed by atoms with Crippen LogP contribution in [0.2, 0.25) is 0 Å². The van der Waals surface area contributed by atoms with E-state index in [2.05, 4.69) is 5.10 Å². The van der Waals surface area contributed by atoms with Gasteiger partial charge >= 0.3 is 0 Å². The summed E-state index contributed by atoms with van der Waals surface area (Å²) in [5.74, 6) is -0.517. The summed E-state index contributed by atoms with van der Waals surface area (Å²) in [6.07, 6.45) is 0. The Labute approximate surface area is 132 Å². The van der Waals surface area contributed by atoms with Gasteiger partial charge in [0.05, 0.1) is 10.6 Å². The summed E-state index contributed by atoms with van der Waals surface area (Å²) < 4.78 is 1.20. The van der Waals surface area contributed by atoms with Crippen molar-refractivity contribution in [2.45, 2.75) is 6.92 Å². The van der Waals surface area contributed by atoms with E-state index in [9.17, 15) is 14.9 Å². The zero-order valence-electron chi connectivity index (χ0n) is 12.3. The van der Waals surface area contributed by atoms with Crippen LogP contribution in [0.4, 0.5) is 5.69 Å². The number of para-hydroxylation sites is 1. The van der Waals surface area contributed by atoms with Gasteiger partial charge < -0.3 is 0 Å². The number of hydrogen-bond donors (Lipinski definition) is 0. The summed E-state index contributed by atoms with van der Waals surface area (Å²) in [4.78, 5) is 23.2. The third kappa shape index (κ3) is 2.74. The zero-order valence-corrected chi connectivity index (χ0v) is 12.3. The molecule has 0 aliphatic heterocycles. The molecule has 0 fully saturated rings. The molecule has 2 aromatic carbocycles. The van der Waals surface area contributed by atoms with Crippen LogP contribution in [0.25, 0.3) is 11.3 Å². The quantitative estimate of drug-likeness (QED) is 0.548. The number of aromatic nitrogens is 2. The van der Waals surface area contributed by atoms with E-state index < -0.39 is 10.8 Å². The molecule has 6 heteroatoms. The summed E-state index contributed by atoms with van der Waals surface area (Å²) in [5, 5.41) is 15.4. The van der Waals surface area contributed by atoms with Gasteiger partial charge in [0.25, 0.3) is 11.6 Å². The number of nitrogens with zero attached hydrogens (tertiary/aromatic N) is 3. The highest BCUT2D eigenvalue weighted by Crippen LogP contribution is 2.22. The normalized spacial score (nSPS) is 10.5. The molecule has 6 nitrogen and oxygen atoms in total. The van der Waals surface area contributed by atoms with Gasteiger partial charge in [0.15, 0.2) is 0 Å². The predicted octanol–water partition coefficient (Wildman–Crippen LogP) is 3.46. The second kappa shape index (κ2) is 5.84. The molecular formula is C17H13N3O3. The van der Waals surface area contributed by atoms with E-state index in [0.29, 0.717) is 11.4 Å². The Bertz CT molecular complexity index is 885. The average molecular weight is 307 g/mol. The van der Waals surface area contributed by atoms with Crippen molar-refractivity contribution >= 4 is 11.6 Å². The van der Waals surface area contributed by atoms with Gasteiger partial charge in [0.2, 0.25) is 0 Å². The van der Waals surface area contributed by atoms with Crippen molar-refractivity contribution in [3.8, 4) is 11.3 Å². The first-order valence-corrected chi connectivity index (χ1v) is 6.98. The minimum absolute atomic E-state index is 0.0170. The first kappa shape index (κ1) is 14.6. The monoisotopic (exact) mass is 307 g/mol. The number of nitro groups is 1. The van der Waals surface area contributed by atoms with Gasteiger partial charge in [-0.3, -0.25) is 14.9 Å². The maximum atomic E-state index is 12.6. The highest BCUT2D eigenvalue weighted by Gasteiger charge is 2.22. The van der Waals surface area contributed by atoms with Crippen molar-refractivity contribution in [1.82, 2.24) is 9.78 Å². The lowest BCUT2D eigenvalue weighted by atomic mass is 10.1. The Kier molecular flexibility index (Phi) is 3.72. The lowest BCUT2D eigenvalue weighted by Crippen LogP contribution is -2.16. The number of carbonyl (C=O) groups excluding carboxylic acids is 1. The second-order valence-corrected chi connectivity index (χ2v) is 5.03. The fourth-order valence-corrected chi connectivity index (χ4v) is 2.36. The SMILES string of the molecule is Cc1cc(-c2ccccc2)nn1C(=O)c1ccccc1[N+](=O)[O-]. The largest absolute Gasteiger partial charge is 0.285 e. The van der Waals surface area contributed by atoms with E-state index in [1.165, 1.54) is 22.9 Å². The molecule has 0 bridgehead atoms. The van der Waals surface area contributed by atoms with E-state index in [1.54, 1.807) is 19.1 Å². The smallest absolute Gasteiger partial charge is 0.266 e. The van der Waals surface area contributed by atoms with Crippen LogP contribution in [0.1, 0.15) is 16.1 Å². The van der Waals surface area contributed by atoms with Gasteiger partial charge in [-0.2, -0.15) is 5.10 Å². The van der Waals surface area contributed by atoms with Crippen molar-refractivity contribution in [2.24, 2.45) is 0 Å². The van der Waals surface area contributed by atoms with Crippen molar-refractivity contribution < 1.29 is 9.72 Å². The molecule has 0 saturated heterocycles. The standard InChI is InChI=1S/C17H13N3O3/c1-12-11-15(13-7-3-2-4-8-13)18-19(12)17(21)14-9-5-6-10-16(14)20(22)23/h2-11H,1H3. The molecule has 23 heavy (non-hydrogen) atoms. The number of nitro benzene ring substituents is 1. The first-order chi connectivity index (χ1) is 11.1. The average Bonchev–Trinajstić information content (AvgIpc) is 2.97. The van der Waals surface area contributed by atoms with Gasteiger partial charge in [-0.05, 0) is 19.1 Å². The summed E-state index contributed by atoms with van der Waals surface area (Å²) in [5.41, 5.74) is 1.93. The Hall–Kier alpha value is -3.28. The summed E-state index contributed by atoms with van der Waals surface area (Å²) in [6.45, 7) is 1.74. The summed E-state index contributed by atoms with van der Waals surface area (Å²) in [6, 6.07) is 17.1. The maximum Gasteiger partial charge on any atom is 0.285 e. The molecule has 0 aliphatic rings. The van der Waals surface area contributed by atoms with Gasteiger partial charge in [-0.15, -0.1) is 0 Å². The van der Waals surface area contributed by atoms with E-state index in [0.717, 1.165) is 5.56 Å². The molecule has 0 radical (unpaired) electrons.